The van der Waals surface area contributed by atoms with Crippen LogP contribution in [0.25, 0.3) is 0 Å². The summed E-state index contributed by atoms with van der Waals surface area (Å²) in [6.45, 7) is 1.35. The first-order valence-electron chi connectivity index (χ1n) is 8.86. The Morgan fingerprint density at radius 3 is 2.76 bits per heavy atom. The van der Waals surface area contributed by atoms with Crippen molar-refractivity contribution in [3.8, 4) is 0 Å². The van der Waals surface area contributed by atoms with Crippen LogP contribution in [0.5, 0.6) is 0 Å². The lowest BCUT2D eigenvalue weighted by molar-refractivity contribution is -0.121. The summed E-state index contributed by atoms with van der Waals surface area (Å²) in [5.74, 6) is 0.389. The third kappa shape index (κ3) is 5.93. The smallest absolute Gasteiger partial charge is 0.230 e. The highest BCUT2D eigenvalue weighted by atomic mass is 32.2. The van der Waals surface area contributed by atoms with E-state index in [-0.39, 0.29) is 29.6 Å². The molecule has 2 aliphatic rings. The van der Waals surface area contributed by atoms with Crippen LogP contribution in [0.4, 0.5) is 5.13 Å². The molecular weight excluding hydrogens is 360 g/mol. The fraction of sp³-hybridized carbons (Fsp3) is 0.750. The molecule has 0 unspecified atom stereocenters. The topological polar surface area (TPSA) is 93.2 Å². The third-order valence-corrected chi connectivity index (χ3v) is 6.46. The molecule has 0 spiro atoms. The summed E-state index contributed by atoms with van der Waals surface area (Å²) >= 11 is 2.65. The molecule has 9 heteroatoms. The van der Waals surface area contributed by atoms with E-state index >= 15 is 0 Å². The SMILES string of the molecule is O=C(CSc1nnc(NC(=O)C2CCCCC2)s1)NC[C@@H]1CCCO1. The van der Waals surface area contributed by atoms with Crippen molar-refractivity contribution in [2.75, 3.05) is 24.2 Å². The van der Waals surface area contributed by atoms with Crippen molar-refractivity contribution in [3.05, 3.63) is 0 Å². The molecule has 1 saturated heterocycles. The number of carbonyl (C=O) groups excluding carboxylic acids is 2. The first-order chi connectivity index (χ1) is 12.2. The summed E-state index contributed by atoms with van der Waals surface area (Å²) in [7, 11) is 0. The minimum absolute atomic E-state index is 0.0384. The lowest BCUT2D eigenvalue weighted by Gasteiger charge is -2.19. The molecule has 0 aromatic carbocycles. The maximum atomic E-state index is 12.2. The molecule has 25 heavy (non-hydrogen) atoms. The highest BCUT2D eigenvalue weighted by molar-refractivity contribution is 8.01. The van der Waals surface area contributed by atoms with Gasteiger partial charge in [-0.25, -0.2) is 0 Å². The zero-order chi connectivity index (χ0) is 17.5. The maximum Gasteiger partial charge on any atom is 0.230 e. The van der Waals surface area contributed by atoms with E-state index in [0.717, 1.165) is 45.1 Å². The number of anilines is 1. The van der Waals surface area contributed by atoms with Gasteiger partial charge >= 0.3 is 0 Å². The van der Waals surface area contributed by atoms with E-state index in [1.54, 1.807) is 0 Å². The predicted octanol–water partition coefficient (Wildman–Crippen LogP) is 2.44. The van der Waals surface area contributed by atoms with Crippen LogP contribution in [0.1, 0.15) is 44.9 Å². The first-order valence-corrected chi connectivity index (χ1v) is 10.7. The van der Waals surface area contributed by atoms with Crippen molar-refractivity contribution in [3.63, 3.8) is 0 Å². The van der Waals surface area contributed by atoms with Crippen molar-refractivity contribution >= 4 is 40.0 Å². The van der Waals surface area contributed by atoms with E-state index in [0.29, 0.717) is 16.0 Å². The minimum atomic E-state index is -0.0384. The van der Waals surface area contributed by atoms with Gasteiger partial charge in [-0.15, -0.1) is 10.2 Å². The monoisotopic (exact) mass is 384 g/mol. The van der Waals surface area contributed by atoms with Gasteiger partial charge in [-0.2, -0.15) is 0 Å². The van der Waals surface area contributed by atoms with Gasteiger partial charge in [0.1, 0.15) is 0 Å². The average Bonchev–Trinajstić information content (AvgIpc) is 3.31. The molecule has 2 fully saturated rings. The summed E-state index contributed by atoms with van der Waals surface area (Å²) in [5, 5.41) is 14.3. The van der Waals surface area contributed by atoms with Gasteiger partial charge in [0.25, 0.3) is 0 Å². The molecule has 2 heterocycles. The number of hydrogen-bond acceptors (Lipinski definition) is 7. The second-order valence-electron chi connectivity index (χ2n) is 6.43. The van der Waals surface area contributed by atoms with Gasteiger partial charge in [0.05, 0.1) is 11.9 Å². The number of thioether (sulfide) groups is 1. The molecule has 1 atom stereocenters. The fourth-order valence-electron chi connectivity index (χ4n) is 3.10. The zero-order valence-electron chi connectivity index (χ0n) is 14.2. The van der Waals surface area contributed by atoms with E-state index < -0.39 is 0 Å². The number of carbonyl (C=O) groups is 2. The van der Waals surface area contributed by atoms with Gasteiger partial charge < -0.3 is 15.4 Å². The molecule has 2 N–H and O–H groups in total. The van der Waals surface area contributed by atoms with Crippen LogP contribution in [-0.4, -0.2) is 47.0 Å². The summed E-state index contributed by atoms with van der Waals surface area (Å²) in [6, 6.07) is 0. The van der Waals surface area contributed by atoms with Crippen LogP contribution >= 0.6 is 23.1 Å². The van der Waals surface area contributed by atoms with Gasteiger partial charge in [0.2, 0.25) is 16.9 Å². The quantitative estimate of drug-likeness (QED) is 0.554. The summed E-state index contributed by atoms with van der Waals surface area (Å²) in [5.41, 5.74) is 0. The molecule has 0 bridgehead atoms. The number of amides is 2. The van der Waals surface area contributed by atoms with Gasteiger partial charge in [0, 0.05) is 19.1 Å². The second-order valence-corrected chi connectivity index (χ2v) is 8.63. The lowest BCUT2D eigenvalue weighted by atomic mass is 9.89. The molecule has 1 aliphatic carbocycles. The zero-order valence-corrected chi connectivity index (χ0v) is 15.8. The van der Waals surface area contributed by atoms with E-state index in [9.17, 15) is 9.59 Å². The second kappa shape index (κ2) is 9.49. The Kier molecular flexibility index (Phi) is 7.06. The molecule has 1 aromatic heterocycles. The standard InChI is InChI=1S/C16H24N4O3S2/c21-13(17-9-12-7-4-8-23-12)10-24-16-20-19-15(25-16)18-14(22)11-5-2-1-3-6-11/h11-12H,1-10H2,(H,17,21)(H,18,19,22)/t12-/m0/s1. The fourth-order valence-corrected chi connectivity index (χ4v) is 4.69. The Morgan fingerprint density at radius 2 is 2.00 bits per heavy atom. The third-order valence-electron chi connectivity index (χ3n) is 4.49. The van der Waals surface area contributed by atoms with E-state index in [2.05, 4.69) is 20.8 Å². The Balaban J connectivity index is 1.37. The van der Waals surface area contributed by atoms with E-state index in [4.69, 9.17) is 4.74 Å². The Morgan fingerprint density at radius 1 is 1.16 bits per heavy atom. The molecule has 3 rings (SSSR count). The average molecular weight is 385 g/mol. The predicted molar refractivity (Wildman–Crippen MR) is 97.8 cm³/mol. The van der Waals surface area contributed by atoms with Crippen LogP contribution in [0, 0.1) is 5.92 Å². The van der Waals surface area contributed by atoms with Crippen molar-refractivity contribution in [2.24, 2.45) is 5.92 Å². The van der Waals surface area contributed by atoms with Crippen molar-refractivity contribution in [1.29, 1.82) is 0 Å². The van der Waals surface area contributed by atoms with Crippen LogP contribution < -0.4 is 10.6 Å². The number of rotatable bonds is 7. The molecule has 0 radical (unpaired) electrons. The number of nitrogens with one attached hydrogen (secondary N) is 2. The van der Waals surface area contributed by atoms with Crippen LogP contribution in [0.2, 0.25) is 0 Å². The van der Waals surface area contributed by atoms with Crippen LogP contribution in [0.3, 0.4) is 0 Å². The Labute approximate surface area is 155 Å². The highest BCUT2D eigenvalue weighted by Gasteiger charge is 2.22. The van der Waals surface area contributed by atoms with Gasteiger partial charge in [-0.05, 0) is 25.7 Å². The van der Waals surface area contributed by atoms with Gasteiger partial charge in [-0.1, -0.05) is 42.4 Å². The van der Waals surface area contributed by atoms with E-state index in [1.165, 1.54) is 29.5 Å². The van der Waals surface area contributed by atoms with Crippen molar-refractivity contribution in [1.82, 2.24) is 15.5 Å². The molecule has 2 amide bonds. The molecule has 1 aromatic rings. The first kappa shape index (κ1) is 18.6. The molecular formula is C16H24N4O3S2. The molecule has 1 aliphatic heterocycles. The van der Waals surface area contributed by atoms with Crippen LogP contribution in [0.15, 0.2) is 4.34 Å². The van der Waals surface area contributed by atoms with Crippen molar-refractivity contribution in [2.45, 2.75) is 55.4 Å². The summed E-state index contributed by atoms with van der Waals surface area (Å²) < 4.78 is 6.16. The number of ether oxygens (including phenoxy) is 1. The van der Waals surface area contributed by atoms with Gasteiger partial charge in [-0.3, -0.25) is 9.59 Å². The van der Waals surface area contributed by atoms with Crippen LogP contribution in [-0.2, 0) is 14.3 Å². The summed E-state index contributed by atoms with van der Waals surface area (Å²) in [4.78, 5) is 24.1. The molecule has 7 nitrogen and oxygen atoms in total. The van der Waals surface area contributed by atoms with E-state index in [1.807, 2.05) is 0 Å². The lowest BCUT2D eigenvalue weighted by Crippen LogP contribution is -2.32. The number of hydrogen-bond donors (Lipinski definition) is 2. The number of aromatic nitrogens is 2. The maximum absolute atomic E-state index is 12.2. The van der Waals surface area contributed by atoms with Crippen molar-refractivity contribution < 1.29 is 14.3 Å². The Hall–Kier alpha value is -1.19. The minimum Gasteiger partial charge on any atom is -0.376 e. The number of nitrogens with zero attached hydrogens (tertiary/aromatic N) is 2. The van der Waals surface area contributed by atoms with Gasteiger partial charge in [0.15, 0.2) is 4.34 Å². The summed E-state index contributed by atoms with van der Waals surface area (Å²) in [6.07, 6.45) is 7.60. The normalized spacial score (nSPS) is 21.2. The largest absolute Gasteiger partial charge is 0.376 e. The molecule has 138 valence electrons. The molecule has 1 saturated carbocycles. The highest BCUT2D eigenvalue weighted by Crippen LogP contribution is 2.28. The Bertz CT molecular complexity index is 584.